The minimum atomic E-state index is -0.227. The largest absolute Gasteiger partial charge is 0.342 e. The van der Waals surface area contributed by atoms with E-state index in [1.54, 1.807) is 29.4 Å². The zero-order valence-electron chi connectivity index (χ0n) is 12.8. The number of rotatable bonds is 4. The highest BCUT2D eigenvalue weighted by Gasteiger charge is 2.22. The van der Waals surface area contributed by atoms with Gasteiger partial charge in [0.1, 0.15) is 0 Å². The number of thiophene rings is 1. The van der Waals surface area contributed by atoms with E-state index in [9.17, 15) is 9.59 Å². The molecule has 2 aromatic rings. The number of carbonyl (C=O) groups excluding carboxylic acids is 2. The average Bonchev–Trinajstić information content (AvgIpc) is 3.07. The molecule has 2 aromatic heterocycles. The van der Waals surface area contributed by atoms with Gasteiger partial charge in [-0.3, -0.25) is 9.59 Å². The van der Waals surface area contributed by atoms with Crippen LogP contribution in [-0.4, -0.2) is 59.4 Å². The standard InChI is InChI=1S/C15H16BrN5O2S/c16-12-3-2-11(24-12)14(23)19-10-13(22)20-6-8-21(9-7-20)15-17-4-1-5-18-15/h1-5H,6-10H2,(H,19,23). The highest BCUT2D eigenvalue weighted by Crippen LogP contribution is 2.21. The first-order valence-electron chi connectivity index (χ1n) is 7.47. The van der Waals surface area contributed by atoms with E-state index < -0.39 is 0 Å². The van der Waals surface area contributed by atoms with Crippen molar-refractivity contribution in [2.45, 2.75) is 0 Å². The first kappa shape index (κ1) is 16.8. The second kappa shape index (κ2) is 7.71. The molecule has 0 aliphatic carbocycles. The first-order valence-corrected chi connectivity index (χ1v) is 9.08. The molecule has 0 saturated carbocycles. The molecule has 0 unspecified atom stereocenters. The summed E-state index contributed by atoms with van der Waals surface area (Å²) in [6, 6.07) is 5.32. The Morgan fingerprint density at radius 1 is 1.17 bits per heavy atom. The molecule has 0 bridgehead atoms. The van der Waals surface area contributed by atoms with E-state index in [0.29, 0.717) is 37.0 Å². The van der Waals surface area contributed by atoms with Crippen LogP contribution in [0, 0.1) is 0 Å². The van der Waals surface area contributed by atoms with Crippen LogP contribution in [-0.2, 0) is 4.79 Å². The summed E-state index contributed by atoms with van der Waals surface area (Å²) in [5.41, 5.74) is 0. The lowest BCUT2D eigenvalue weighted by atomic mass is 10.3. The number of amides is 2. The molecule has 1 saturated heterocycles. The molecular weight excluding hydrogens is 394 g/mol. The van der Waals surface area contributed by atoms with Crippen LogP contribution in [0.25, 0.3) is 0 Å². The number of hydrogen-bond donors (Lipinski definition) is 1. The number of halogens is 1. The monoisotopic (exact) mass is 409 g/mol. The van der Waals surface area contributed by atoms with Gasteiger partial charge in [-0.2, -0.15) is 0 Å². The summed E-state index contributed by atoms with van der Waals surface area (Å²) in [6.07, 6.45) is 3.41. The minimum Gasteiger partial charge on any atom is -0.342 e. The van der Waals surface area contributed by atoms with Crippen LogP contribution < -0.4 is 10.2 Å². The summed E-state index contributed by atoms with van der Waals surface area (Å²) >= 11 is 4.66. The lowest BCUT2D eigenvalue weighted by Gasteiger charge is -2.34. The van der Waals surface area contributed by atoms with E-state index in [0.717, 1.165) is 3.79 Å². The fraction of sp³-hybridized carbons (Fsp3) is 0.333. The number of carbonyl (C=O) groups is 2. The molecule has 0 aromatic carbocycles. The summed E-state index contributed by atoms with van der Waals surface area (Å²) in [5, 5.41) is 2.67. The molecule has 0 atom stereocenters. The summed E-state index contributed by atoms with van der Waals surface area (Å²) in [5.74, 6) is 0.379. The Morgan fingerprint density at radius 3 is 2.50 bits per heavy atom. The summed E-state index contributed by atoms with van der Waals surface area (Å²) in [7, 11) is 0. The number of hydrogen-bond acceptors (Lipinski definition) is 6. The van der Waals surface area contributed by atoms with Crippen LogP contribution in [0.1, 0.15) is 9.67 Å². The van der Waals surface area contributed by atoms with E-state index >= 15 is 0 Å². The number of piperazine rings is 1. The molecule has 3 rings (SSSR count). The van der Waals surface area contributed by atoms with E-state index in [-0.39, 0.29) is 18.4 Å². The van der Waals surface area contributed by atoms with Crippen LogP contribution in [0.2, 0.25) is 0 Å². The maximum atomic E-state index is 12.2. The minimum absolute atomic E-state index is 0.0101. The van der Waals surface area contributed by atoms with E-state index in [1.807, 2.05) is 11.0 Å². The van der Waals surface area contributed by atoms with Gasteiger partial charge in [0.15, 0.2) is 0 Å². The fourth-order valence-electron chi connectivity index (χ4n) is 2.40. The van der Waals surface area contributed by atoms with E-state index in [1.165, 1.54) is 11.3 Å². The Balaban J connectivity index is 1.46. The molecule has 126 valence electrons. The Morgan fingerprint density at radius 2 is 1.88 bits per heavy atom. The van der Waals surface area contributed by atoms with Crippen molar-refractivity contribution in [3.8, 4) is 0 Å². The summed E-state index contributed by atoms with van der Waals surface area (Å²) in [6.45, 7) is 2.56. The number of nitrogens with one attached hydrogen (secondary N) is 1. The molecule has 1 aliphatic rings. The molecule has 1 fully saturated rings. The van der Waals surface area contributed by atoms with E-state index in [2.05, 4.69) is 31.2 Å². The van der Waals surface area contributed by atoms with Gasteiger partial charge in [0.2, 0.25) is 11.9 Å². The number of anilines is 1. The second-order valence-corrected chi connectivity index (χ2v) is 7.67. The van der Waals surface area contributed by atoms with Gasteiger partial charge in [-0.1, -0.05) is 0 Å². The van der Waals surface area contributed by atoms with Crippen molar-refractivity contribution in [1.82, 2.24) is 20.2 Å². The van der Waals surface area contributed by atoms with Crippen molar-refractivity contribution >= 4 is 45.0 Å². The van der Waals surface area contributed by atoms with Crippen LogP contribution in [0.5, 0.6) is 0 Å². The number of aromatic nitrogens is 2. The highest BCUT2D eigenvalue weighted by molar-refractivity contribution is 9.11. The molecule has 9 heteroatoms. The van der Waals surface area contributed by atoms with E-state index in [4.69, 9.17) is 0 Å². The first-order chi connectivity index (χ1) is 11.6. The molecule has 1 N–H and O–H groups in total. The van der Waals surface area contributed by atoms with Crippen LogP contribution in [0.15, 0.2) is 34.4 Å². The molecule has 1 aliphatic heterocycles. The van der Waals surface area contributed by atoms with Gasteiger partial charge in [0.25, 0.3) is 5.91 Å². The summed E-state index contributed by atoms with van der Waals surface area (Å²) < 4.78 is 0.887. The molecule has 7 nitrogen and oxygen atoms in total. The molecular formula is C15H16BrN5O2S. The van der Waals surface area contributed by atoms with Crippen molar-refractivity contribution in [3.05, 3.63) is 39.3 Å². The average molecular weight is 410 g/mol. The molecule has 3 heterocycles. The zero-order valence-corrected chi connectivity index (χ0v) is 15.2. The third kappa shape index (κ3) is 4.09. The van der Waals surface area contributed by atoms with Gasteiger partial charge in [-0.25, -0.2) is 9.97 Å². The third-order valence-electron chi connectivity index (χ3n) is 3.66. The Bertz CT molecular complexity index is 716. The van der Waals surface area contributed by atoms with Crippen molar-refractivity contribution in [1.29, 1.82) is 0 Å². The van der Waals surface area contributed by atoms with Gasteiger partial charge >= 0.3 is 0 Å². The molecule has 0 radical (unpaired) electrons. The predicted octanol–water partition coefficient (Wildman–Crippen LogP) is 1.38. The van der Waals surface area contributed by atoms with Crippen molar-refractivity contribution < 1.29 is 9.59 Å². The Kier molecular flexibility index (Phi) is 5.41. The smallest absolute Gasteiger partial charge is 0.261 e. The Labute approximate surface area is 151 Å². The van der Waals surface area contributed by atoms with Gasteiger partial charge in [0.05, 0.1) is 15.2 Å². The highest BCUT2D eigenvalue weighted by atomic mass is 79.9. The lowest BCUT2D eigenvalue weighted by molar-refractivity contribution is -0.130. The van der Waals surface area contributed by atoms with Crippen molar-refractivity contribution in [2.24, 2.45) is 0 Å². The molecule has 24 heavy (non-hydrogen) atoms. The summed E-state index contributed by atoms with van der Waals surface area (Å²) in [4.78, 5) is 37.0. The second-order valence-electron chi connectivity index (χ2n) is 5.20. The van der Waals surface area contributed by atoms with Gasteiger partial charge in [-0.15, -0.1) is 11.3 Å². The van der Waals surface area contributed by atoms with Crippen molar-refractivity contribution in [3.63, 3.8) is 0 Å². The Hall–Kier alpha value is -2.00. The topological polar surface area (TPSA) is 78.4 Å². The predicted molar refractivity (Wildman–Crippen MR) is 95.2 cm³/mol. The zero-order chi connectivity index (χ0) is 16.9. The maximum absolute atomic E-state index is 12.2. The third-order valence-corrected chi connectivity index (χ3v) is 5.29. The van der Waals surface area contributed by atoms with Crippen LogP contribution >= 0.6 is 27.3 Å². The molecule has 0 spiro atoms. The van der Waals surface area contributed by atoms with Gasteiger partial charge in [0, 0.05) is 38.6 Å². The maximum Gasteiger partial charge on any atom is 0.261 e. The quantitative estimate of drug-likeness (QED) is 0.824. The van der Waals surface area contributed by atoms with Crippen LogP contribution in [0.4, 0.5) is 5.95 Å². The van der Waals surface area contributed by atoms with Crippen molar-refractivity contribution in [2.75, 3.05) is 37.6 Å². The van der Waals surface area contributed by atoms with Crippen LogP contribution in [0.3, 0.4) is 0 Å². The number of nitrogens with zero attached hydrogens (tertiary/aromatic N) is 4. The lowest BCUT2D eigenvalue weighted by Crippen LogP contribution is -2.51. The van der Waals surface area contributed by atoms with Gasteiger partial charge < -0.3 is 15.1 Å². The van der Waals surface area contributed by atoms with Gasteiger partial charge in [-0.05, 0) is 34.1 Å². The fourth-order valence-corrected chi connectivity index (χ4v) is 3.70. The molecule has 2 amide bonds. The normalized spacial score (nSPS) is 14.5. The SMILES string of the molecule is O=C(NCC(=O)N1CCN(c2ncccn2)CC1)c1ccc(Br)s1.